The first-order valence-corrected chi connectivity index (χ1v) is 5.46. The maximum atomic E-state index is 9.84. The van der Waals surface area contributed by atoms with Crippen LogP contribution in [0, 0.1) is 5.41 Å². The molecular formula is C11H21NO4. The third-order valence-corrected chi connectivity index (χ3v) is 2.64. The minimum Gasteiger partial charge on any atom is -0.363 e. The lowest BCUT2D eigenvalue weighted by molar-refractivity contribution is -0.322. The van der Waals surface area contributed by atoms with Crippen molar-refractivity contribution in [2.75, 3.05) is 13.7 Å². The first-order valence-electron chi connectivity index (χ1n) is 5.46. The molecule has 0 fully saturated rings. The van der Waals surface area contributed by atoms with Crippen LogP contribution in [0.2, 0.25) is 0 Å². The Morgan fingerprint density at radius 3 is 2.56 bits per heavy atom. The Balaban J connectivity index is 2.75. The van der Waals surface area contributed by atoms with Crippen LogP contribution in [0.15, 0.2) is 5.16 Å². The smallest absolute Gasteiger partial charge is 0.293 e. The summed E-state index contributed by atoms with van der Waals surface area (Å²) in [7, 11) is 1.48. The van der Waals surface area contributed by atoms with Gasteiger partial charge in [-0.15, -0.1) is 0 Å². The van der Waals surface area contributed by atoms with Gasteiger partial charge in [0.05, 0.1) is 12.1 Å². The maximum Gasteiger partial charge on any atom is 0.293 e. The number of aliphatic hydroxyl groups excluding tert-OH is 1. The fourth-order valence-corrected chi connectivity index (χ4v) is 1.46. The molecule has 0 saturated heterocycles. The second-order valence-corrected chi connectivity index (χ2v) is 4.88. The molecule has 1 aliphatic heterocycles. The van der Waals surface area contributed by atoms with E-state index in [1.54, 1.807) is 6.92 Å². The molecule has 0 amide bonds. The normalized spacial score (nSPS) is 27.5. The molecule has 1 heterocycles. The Morgan fingerprint density at radius 2 is 2.19 bits per heavy atom. The predicted molar refractivity (Wildman–Crippen MR) is 60.0 cm³/mol. The molecule has 5 nitrogen and oxygen atoms in total. The van der Waals surface area contributed by atoms with Crippen molar-refractivity contribution in [3.8, 4) is 0 Å². The van der Waals surface area contributed by atoms with Crippen molar-refractivity contribution < 1.29 is 19.4 Å². The summed E-state index contributed by atoms with van der Waals surface area (Å²) in [5.74, 6) is -1.20. The Labute approximate surface area is 96.4 Å². The first kappa shape index (κ1) is 13.4. The number of hydrogen-bond acceptors (Lipinski definition) is 5. The second-order valence-electron chi connectivity index (χ2n) is 4.88. The zero-order valence-corrected chi connectivity index (χ0v) is 10.6. The SMILES string of the molecule is CCOC(O)C1(OC)CC(C(C)(C)C)=NO1. The fourth-order valence-electron chi connectivity index (χ4n) is 1.46. The summed E-state index contributed by atoms with van der Waals surface area (Å²) in [5, 5.41) is 13.8. The van der Waals surface area contributed by atoms with Crippen LogP contribution in [0.25, 0.3) is 0 Å². The number of aliphatic hydroxyl groups is 1. The van der Waals surface area contributed by atoms with Crippen LogP contribution >= 0.6 is 0 Å². The van der Waals surface area contributed by atoms with Gasteiger partial charge in [0.1, 0.15) is 0 Å². The van der Waals surface area contributed by atoms with E-state index in [0.717, 1.165) is 5.71 Å². The van der Waals surface area contributed by atoms with E-state index < -0.39 is 12.1 Å². The molecular weight excluding hydrogens is 210 g/mol. The van der Waals surface area contributed by atoms with Gasteiger partial charge >= 0.3 is 0 Å². The molecule has 1 aliphatic rings. The topological polar surface area (TPSA) is 60.3 Å². The standard InChI is InChI=1S/C11H21NO4/c1-6-15-9(13)11(14-5)7-8(12-16-11)10(2,3)4/h9,13H,6-7H2,1-5H3. The maximum absolute atomic E-state index is 9.84. The Kier molecular flexibility index (Phi) is 3.93. The lowest BCUT2D eigenvalue weighted by Gasteiger charge is -2.30. The summed E-state index contributed by atoms with van der Waals surface area (Å²) in [6.07, 6.45) is -0.722. The van der Waals surface area contributed by atoms with Gasteiger partial charge in [-0.2, -0.15) is 0 Å². The highest BCUT2D eigenvalue weighted by Crippen LogP contribution is 2.35. The molecule has 5 heteroatoms. The van der Waals surface area contributed by atoms with E-state index in [4.69, 9.17) is 14.3 Å². The van der Waals surface area contributed by atoms with Crippen LogP contribution < -0.4 is 0 Å². The zero-order chi connectivity index (χ0) is 12.4. The van der Waals surface area contributed by atoms with Gasteiger partial charge in [0.25, 0.3) is 5.79 Å². The quantitative estimate of drug-likeness (QED) is 0.745. The van der Waals surface area contributed by atoms with Crippen LogP contribution in [0.5, 0.6) is 0 Å². The van der Waals surface area contributed by atoms with Crippen molar-refractivity contribution in [2.45, 2.75) is 46.2 Å². The van der Waals surface area contributed by atoms with E-state index in [1.165, 1.54) is 7.11 Å². The number of oxime groups is 1. The third-order valence-electron chi connectivity index (χ3n) is 2.64. The third kappa shape index (κ3) is 2.53. The highest BCUT2D eigenvalue weighted by molar-refractivity contribution is 5.90. The molecule has 16 heavy (non-hydrogen) atoms. The molecule has 0 aromatic rings. The molecule has 0 saturated carbocycles. The molecule has 2 atom stereocenters. The van der Waals surface area contributed by atoms with Crippen molar-refractivity contribution in [3.05, 3.63) is 0 Å². The number of methoxy groups -OCH3 is 1. The van der Waals surface area contributed by atoms with Gasteiger partial charge in [-0.25, -0.2) is 0 Å². The lowest BCUT2D eigenvalue weighted by Crippen LogP contribution is -2.46. The molecule has 0 radical (unpaired) electrons. The van der Waals surface area contributed by atoms with Gasteiger partial charge < -0.3 is 19.4 Å². The van der Waals surface area contributed by atoms with Crippen LogP contribution in [-0.4, -0.2) is 36.6 Å². The van der Waals surface area contributed by atoms with Gasteiger partial charge in [-0.3, -0.25) is 0 Å². The van der Waals surface area contributed by atoms with Gasteiger partial charge in [0.2, 0.25) is 6.29 Å². The molecule has 2 unspecified atom stereocenters. The summed E-state index contributed by atoms with van der Waals surface area (Å²) in [5.41, 5.74) is 0.750. The zero-order valence-electron chi connectivity index (χ0n) is 10.6. The molecule has 94 valence electrons. The van der Waals surface area contributed by atoms with E-state index >= 15 is 0 Å². The van der Waals surface area contributed by atoms with Crippen molar-refractivity contribution in [3.63, 3.8) is 0 Å². The number of rotatable bonds is 4. The Bertz CT molecular complexity index is 272. The molecule has 0 bridgehead atoms. The average molecular weight is 231 g/mol. The molecule has 0 aromatic carbocycles. The number of nitrogens with zero attached hydrogens (tertiary/aromatic N) is 1. The second kappa shape index (κ2) is 4.69. The number of hydrogen-bond donors (Lipinski definition) is 1. The summed E-state index contributed by atoms with van der Waals surface area (Å²) in [6, 6.07) is 0. The summed E-state index contributed by atoms with van der Waals surface area (Å²) in [6.45, 7) is 8.30. The van der Waals surface area contributed by atoms with Crippen LogP contribution in [-0.2, 0) is 14.3 Å². The lowest BCUT2D eigenvalue weighted by atomic mass is 9.86. The van der Waals surface area contributed by atoms with E-state index in [0.29, 0.717) is 13.0 Å². The first-order chi connectivity index (χ1) is 7.35. The van der Waals surface area contributed by atoms with E-state index in [1.807, 2.05) is 20.8 Å². The van der Waals surface area contributed by atoms with Crippen molar-refractivity contribution >= 4 is 5.71 Å². The van der Waals surface area contributed by atoms with Crippen molar-refractivity contribution in [1.82, 2.24) is 0 Å². The summed E-state index contributed by atoms with van der Waals surface area (Å²) < 4.78 is 10.3. The molecule has 1 rings (SSSR count). The summed E-state index contributed by atoms with van der Waals surface area (Å²) in [4.78, 5) is 5.23. The monoisotopic (exact) mass is 231 g/mol. The molecule has 0 spiro atoms. The highest BCUT2D eigenvalue weighted by Gasteiger charge is 2.49. The minimum absolute atomic E-state index is 0.105. The molecule has 0 aliphatic carbocycles. The summed E-state index contributed by atoms with van der Waals surface area (Å²) >= 11 is 0. The average Bonchev–Trinajstić information content (AvgIpc) is 2.63. The van der Waals surface area contributed by atoms with E-state index in [-0.39, 0.29) is 5.41 Å². The van der Waals surface area contributed by atoms with Gasteiger partial charge in [-0.1, -0.05) is 25.9 Å². The van der Waals surface area contributed by atoms with E-state index in [9.17, 15) is 5.11 Å². The fraction of sp³-hybridized carbons (Fsp3) is 0.909. The van der Waals surface area contributed by atoms with E-state index in [2.05, 4.69) is 5.16 Å². The number of ether oxygens (including phenoxy) is 2. The van der Waals surface area contributed by atoms with Gasteiger partial charge in [0.15, 0.2) is 0 Å². The predicted octanol–water partition coefficient (Wildman–Crippen LogP) is 1.51. The van der Waals surface area contributed by atoms with Crippen molar-refractivity contribution in [1.29, 1.82) is 0 Å². The molecule has 1 N–H and O–H groups in total. The highest BCUT2D eigenvalue weighted by atomic mass is 16.8. The van der Waals surface area contributed by atoms with Crippen molar-refractivity contribution in [2.24, 2.45) is 10.6 Å². The molecule has 0 aromatic heterocycles. The van der Waals surface area contributed by atoms with Gasteiger partial charge in [-0.05, 0) is 6.92 Å². The Morgan fingerprint density at radius 1 is 1.56 bits per heavy atom. The van der Waals surface area contributed by atoms with Crippen LogP contribution in [0.4, 0.5) is 0 Å². The minimum atomic E-state index is -1.20. The van der Waals surface area contributed by atoms with Gasteiger partial charge in [0, 0.05) is 19.1 Å². The largest absolute Gasteiger partial charge is 0.363 e. The Hall–Kier alpha value is -0.650. The van der Waals surface area contributed by atoms with Crippen LogP contribution in [0.1, 0.15) is 34.1 Å². The van der Waals surface area contributed by atoms with Crippen LogP contribution in [0.3, 0.4) is 0 Å².